The van der Waals surface area contributed by atoms with Crippen molar-refractivity contribution in [2.24, 2.45) is 0 Å². The van der Waals surface area contributed by atoms with Crippen molar-refractivity contribution < 1.29 is 0 Å². The Labute approximate surface area is 713 Å². The second-order valence-corrected chi connectivity index (χ2v) is 38.5. The number of nitrogens with zero attached hydrogens (tertiary/aromatic N) is 3. The van der Waals surface area contributed by atoms with E-state index in [-0.39, 0.29) is 38.3 Å². The summed E-state index contributed by atoms with van der Waals surface area (Å²) in [6.45, 7) is 22.1. The maximum Gasteiger partial charge on any atom is 0.0576 e. The van der Waals surface area contributed by atoms with E-state index in [0.717, 1.165) is 0 Å². The standard InChI is InChI=1S/C42H35N.C38H33N.C38H39N/c1-41-25-13-14-26-42(41,2)43(38-24-12-11-23-37(38)41)40-34-21-9-7-19-32(34)39(33-20-8-10-22-35(33)40)36-27-28-15-3-4-16-29(28)30-17-5-6-18-31(30)36;1-37-24-11-12-25-38(37,2)39(34-23-10-9-22-33(34)37)36-31-19-7-5-17-29(31)35(30-18-6-8-20-32(30)36)28-21-13-15-26-14-3-4-16-27(26)28;1-36(2,3)27-22-20-26(21-23-27)34-28-14-6-8-16-30(28)35(31-17-9-7-15-29(31)34)39-33-19-11-10-18-32(33)37(4)24-12-13-25-38(37,39)5/h3-12,15-24,27H,13-14,25-26H2,1-2H3;3-10,13-23H,11-12,24-25H2,1-2H3;6-11,14-23H,12-13,24-25H2,1-5H3. The summed E-state index contributed by atoms with van der Waals surface area (Å²) in [6.07, 6.45) is 15.0. The summed E-state index contributed by atoms with van der Waals surface area (Å²) in [5.74, 6) is 0. The molecule has 0 amide bonds. The molecule has 18 aromatic carbocycles. The molecule has 6 atom stereocenters. The molecule has 0 saturated heterocycles. The number of fused-ring (bicyclic) bond motifs is 19. The third-order valence-electron chi connectivity index (χ3n) is 31.6. The molecule has 6 aliphatic rings. The molecule has 24 rings (SSSR count). The van der Waals surface area contributed by atoms with Gasteiger partial charge in [0.05, 0.1) is 33.7 Å². The Bertz CT molecular complexity index is 7070. The summed E-state index contributed by atoms with van der Waals surface area (Å²) in [5, 5.41) is 23.8. The van der Waals surface area contributed by atoms with Gasteiger partial charge >= 0.3 is 0 Å². The smallest absolute Gasteiger partial charge is 0.0576 e. The summed E-state index contributed by atoms with van der Waals surface area (Å²) < 4.78 is 0. The zero-order valence-electron chi connectivity index (χ0n) is 71.7. The topological polar surface area (TPSA) is 9.72 Å². The van der Waals surface area contributed by atoms with Crippen LogP contribution in [0.3, 0.4) is 0 Å². The van der Waals surface area contributed by atoms with E-state index >= 15 is 0 Å². The molecule has 0 radical (unpaired) electrons. The lowest BCUT2D eigenvalue weighted by atomic mass is 9.61. The van der Waals surface area contributed by atoms with E-state index in [1.54, 1.807) is 0 Å². The van der Waals surface area contributed by atoms with Crippen LogP contribution >= 0.6 is 0 Å². The first-order valence-electron chi connectivity index (χ1n) is 45.0. The summed E-state index contributed by atoms with van der Waals surface area (Å²) >= 11 is 0. The van der Waals surface area contributed by atoms with Crippen LogP contribution in [0.4, 0.5) is 34.1 Å². The fourth-order valence-corrected chi connectivity index (χ4v) is 24.9. The van der Waals surface area contributed by atoms with E-state index in [1.165, 1.54) is 264 Å². The SMILES string of the molecule is CC(C)(C)c1ccc(-c2c3ccccc3c(N3c4ccccc4C4(C)CCCCC34C)c3ccccc23)cc1.CC12CCCCC1(C)N(c1c3ccccc3c(-c3cc4ccccc4c4ccccc34)c3ccccc13)c1ccccc12.CC12CCCCC1(C)N(c1c3ccccc3c(-c3cccc4ccccc34)c3ccccc13)c1ccccc12. The Balaban J connectivity index is 0.000000109. The van der Waals surface area contributed by atoms with Gasteiger partial charge in [-0.3, -0.25) is 0 Å². The fourth-order valence-electron chi connectivity index (χ4n) is 24.9. The van der Waals surface area contributed by atoms with Crippen molar-refractivity contribution >= 4 is 131 Å². The molecule has 121 heavy (non-hydrogen) atoms. The molecule has 3 heteroatoms. The molecule has 594 valence electrons. The van der Waals surface area contributed by atoms with Gasteiger partial charge < -0.3 is 14.7 Å². The summed E-state index contributed by atoms with van der Waals surface area (Å²) in [7, 11) is 0. The third-order valence-corrected chi connectivity index (χ3v) is 31.6. The molecule has 3 aliphatic heterocycles. The summed E-state index contributed by atoms with van der Waals surface area (Å²) in [6, 6.07) is 128. The van der Waals surface area contributed by atoms with Crippen molar-refractivity contribution in [3.63, 3.8) is 0 Å². The predicted octanol–water partition coefficient (Wildman–Crippen LogP) is 33.0. The lowest BCUT2D eigenvalue weighted by Crippen LogP contribution is -2.54. The van der Waals surface area contributed by atoms with E-state index in [9.17, 15) is 0 Å². The van der Waals surface area contributed by atoms with Crippen molar-refractivity contribution in [1.29, 1.82) is 0 Å². The summed E-state index contributed by atoms with van der Waals surface area (Å²) in [5.41, 5.74) is 22.6. The van der Waals surface area contributed by atoms with Crippen LogP contribution in [0.25, 0.3) is 130 Å². The van der Waals surface area contributed by atoms with Gasteiger partial charge in [0.15, 0.2) is 0 Å². The van der Waals surface area contributed by atoms with Gasteiger partial charge in [-0.25, -0.2) is 0 Å². The van der Waals surface area contributed by atoms with Crippen molar-refractivity contribution in [3.8, 4) is 33.4 Å². The van der Waals surface area contributed by atoms with Crippen molar-refractivity contribution in [2.75, 3.05) is 14.7 Å². The molecule has 0 aromatic heterocycles. The van der Waals surface area contributed by atoms with Crippen LogP contribution < -0.4 is 14.7 Å². The van der Waals surface area contributed by atoms with Crippen LogP contribution in [0.2, 0.25) is 0 Å². The number of anilines is 6. The highest BCUT2D eigenvalue weighted by Gasteiger charge is 2.61. The lowest BCUT2D eigenvalue weighted by Gasteiger charge is -2.50. The number of hydrogen-bond donors (Lipinski definition) is 0. The average molecular weight is 1570 g/mol. The van der Waals surface area contributed by atoms with E-state index < -0.39 is 0 Å². The molecule has 3 saturated carbocycles. The quantitative estimate of drug-likeness (QED) is 0.121. The van der Waals surface area contributed by atoms with Crippen LogP contribution in [0.15, 0.2) is 340 Å². The molecule has 0 spiro atoms. The van der Waals surface area contributed by atoms with E-state index in [4.69, 9.17) is 0 Å². The minimum atomic E-state index is -0.00234. The minimum absolute atomic E-state index is 0.00234. The number of para-hydroxylation sites is 3. The highest BCUT2D eigenvalue weighted by atomic mass is 15.3. The van der Waals surface area contributed by atoms with Crippen molar-refractivity contribution in [3.05, 3.63) is 362 Å². The molecule has 0 N–H and O–H groups in total. The number of hydrogen-bond acceptors (Lipinski definition) is 3. The molecule has 0 bridgehead atoms. The second kappa shape index (κ2) is 28.2. The highest BCUT2D eigenvalue weighted by molar-refractivity contribution is 6.28. The predicted molar refractivity (Wildman–Crippen MR) is 520 cm³/mol. The Kier molecular flexibility index (Phi) is 17.4. The zero-order valence-corrected chi connectivity index (χ0v) is 71.7. The zero-order chi connectivity index (χ0) is 81.9. The van der Waals surface area contributed by atoms with Gasteiger partial charge in [-0.15, -0.1) is 0 Å². The van der Waals surface area contributed by atoms with E-state index in [1.807, 2.05) is 0 Å². The van der Waals surface area contributed by atoms with Crippen LogP contribution in [-0.4, -0.2) is 16.6 Å². The van der Waals surface area contributed by atoms with Gasteiger partial charge in [-0.2, -0.15) is 0 Å². The maximum atomic E-state index is 2.77. The molecule has 3 nitrogen and oxygen atoms in total. The Morgan fingerprint density at radius 3 is 0.884 bits per heavy atom. The molecular weight excluding hydrogens is 1460 g/mol. The van der Waals surface area contributed by atoms with Crippen LogP contribution in [-0.2, 0) is 21.7 Å². The molecule has 3 heterocycles. The summed E-state index contributed by atoms with van der Waals surface area (Å²) in [4.78, 5) is 8.30. The Morgan fingerprint density at radius 1 is 0.223 bits per heavy atom. The van der Waals surface area contributed by atoms with Crippen LogP contribution in [0, 0.1) is 0 Å². The molecule has 3 fully saturated rings. The molecular formula is C118H107N3. The highest BCUT2D eigenvalue weighted by Crippen LogP contribution is 2.67. The average Bonchev–Trinajstić information content (AvgIpc) is 1.54. The van der Waals surface area contributed by atoms with E-state index in [0.29, 0.717) is 0 Å². The number of rotatable bonds is 6. The Morgan fingerprint density at radius 2 is 0.504 bits per heavy atom. The minimum Gasteiger partial charge on any atom is -0.333 e. The van der Waals surface area contributed by atoms with Gasteiger partial charge in [0, 0.05) is 65.6 Å². The van der Waals surface area contributed by atoms with Gasteiger partial charge in [0.2, 0.25) is 0 Å². The van der Waals surface area contributed by atoms with Crippen LogP contribution in [0.1, 0.15) is 162 Å². The van der Waals surface area contributed by atoms with Crippen LogP contribution in [0.5, 0.6) is 0 Å². The van der Waals surface area contributed by atoms with Crippen molar-refractivity contribution in [1.82, 2.24) is 0 Å². The monoisotopic (exact) mass is 1570 g/mol. The first-order chi connectivity index (χ1) is 59.0. The van der Waals surface area contributed by atoms with Gasteiger partial charge in [0.1, 0.15) is 0 Å². The molecule has 6 unspecified atom stereocenters. The molecule has 3 aliphatic carbocycles. The largest absolute Gasteiger partial charge is 0.333 e. The number of benzene rings is 18. The van der Waals surface area contributed by atoms with Gasteiger partial charge in [-0.1, -0.05) is 396 Å². The second-order valence-electron chi connectivity index (χ2n) is 38.5. The van der Waals surface area contributed by atoms with Crippen molar-refractivity contribution in [2.45, 2.75) is 178 Å². The normalized spacial score (nSPS) is 22.2. The first kappa shape index (κ1) is 75.0. The fraction of sp³-hybridized carbons (Fsp3) is 0.237. The van der Waals surface area contributed by atoms with Gasteiger partial charge in [0.25, 0.3) is 0 Å². The maximum absolute atomic E-state index is 2.77. The van der Waals surface area contributed by atoms with Gasteiger partial charge in [-0.05, 0) is 209 Å². The third kappa shape index (κ3) is 10.9. The Hall–Kier alpha value is -12.3. The molecule has 18 aromatic rings. The first-order valence-corrected chi connectivity index (χ1v) is 45.0. The lowest BCUT2D eigenvalue weighted by molar-refractivity contribution is 0.195. The van der Waals surface area contributed by atoms with E-state index in [2.05, 4.69) is 417 Å².